The monoisotopic (exact) mass is 379 g/mol. The van der Waals surface area contributed by atoms with Gasteiger partial charge in [0.15, 0.2) is 11.6 Å². The van der Waals surface area contributed by atoms with E-state index in [1.165, 1.54) is 6.92 Å². The van der Waals surface area contributed by atoms with E-state index in [4.69, 9.17) is 16.3 Å². The van der Waals surface area contributed by atoms with E-state index in [0.717, 1.165) is 11.3 Å². The molecule has 1 aromatic heterocycles. The number of esters is 1. The first kappa shape index (κ1) is 19.1. The van der Waals surface area contributed by atoms with Gasteiger partial charge in [0.2, 0.25) is 0 Å². The number of anilines is 1. The summed E-state index contributed by atoms with van der Waals surface area (Å²) in [7, 11) is 0. The summed E-state index contributed by atoms with van der Waals surface area (Å²) in [5.74, 6) is -0.794. The lowest BCUT2D eigenvalue weighted by Crippen LogP contribution is -2.15. The average molecular weight is 380 g/mol. The number of rotatable bonds is 7. The molecule has 0 bridgehead atoms. The summed E-state index contributed by atoms with van der Waals surface area (Å²) >= 11 is 6.97. The maximum absolute atomic E-state index is 12.3. The second-order valence-electron chi connectivity index (χ2n) is 5.32. The molecule has 1 aromatic carbocycles. The first-order valence-corrected chi connectivity index (χ1v) is 8.88. The topological polar surface area (TPSA) is 72.5 Å². The number of hydrogen-bond acceptors (Lipinski definition) is 6. The smallest absolute Gasteiger partial charge is 0.341 e. The number of benzene rings is 1. The summed E-state index contributed by atoms with van der Waals surface area (Å²) < 4.78 is 5.06. The van der Waals surface area contributed by atoms with Crippen molar-refractivity contribution in [1.82, 2.24) is 0 Å². The molecule has 5 nitrogen and oxygen atoms in total. The van der Waals surface area contributed by atoms with Crippen LogP contribution < -0.4 is 5.32 Å². The highest BCUT2D eigenvalue weighted by atomic mass is 35.5. The van der Waals surface area contributed by atoms with Crippen molar-refractivity contribution in [3.8, 4) is 0 Å². The van der Waals surface area contributed by atoms with Crippen molar-refractivity contribution in [2.24, 2.45) is 0 Å². The Bertz CT molecular complexity index is 811. The third-order valence-electron chi connectivity index (χ3n) is 3.52. The summed E-state index contributed by atoms with van der Waals surface area (Å²) in [6.07, 6.45) is 0. The van der Waals surface area contributed by atoms with Gasteiger partial charge in [-0.25, -0.2) is 4.79 Å². The van der Waals surface area contributed by atoms with Crippen molar-refractivity contribution in [1.29, 1.82) is 0 Å². The molecule has 0 unspecified atom stereocenters. The van der Waals surface area contributed by atoms with E-state index in [1.54, 1.807) is 38.1 Å². The molecule has 2 rings (SSSR count). The van der Waals surface area contributed by atoms with Gasteiger partial charge in [-0.2, -0.15) is 0 Å². The van der Waals surface area contributed by atoms with Crippen LogP contribution in [-0.2, 0) is 4.74 Å². The largest absolute Gasteiger partial charge is 0.462 e. The number of ketones is 2. The number of Topliss-reactive ketones (excluding diaryl/α,β-unsaturated/α-hetero) is 2. The van der Waals surface area contributed by atoms with Crippen molar-refractivity contribution in [2.45, 2.75) is 20.8 Å². The van der Waals surface area contributed by atoms with Gasteiger partial charge in [0.25, 0.3) is 0 Å². The molecule has 0 aliphatic carbocycles. The number of halogens is 1. The van der Waals surface area contributed by atoms with E-state index in [-0.39, 0.29) is 24.7 Å². The fourth-order valence-corrected chi connectivity index (χ4v) is 3.53. The highest BCUT2D eigenvalue weighted by Gasteiger charge is 2.24. The van der Waals surface area contributed by atoms with E-state index >= 15 is 0 Å². The third kappa shape index (κ3) is 4.46. The Hall–Kier alpha value is -2.18. The van der Waals surface area contributed by atoms with Gasteiger partial charge in [0.05, 0.1) is 23.6 Å². The van der Waals surface area contributed by atoms with Crippen LogP contribution in [0.5, 0.6) is 0 Å². The molecule has 132 valence electrons. The Balaban J connectivity index is 2.24. The predicted molar refractivity (Wildman–Crippen MR) is 99.3 cm³/mol. The second-order valence-corrected chi connectivity index (χ2v) is 6.78. The van der Waals surface area contributed by atoms with Crippen LogP contribution in [0.15, 0.2) is 24.3 Å². The standard InChI is InChI=1S/C18H18ClNO4S/c1-4-24-18(23)15-10(2)16(11(3)21)25-17(15)20-9-14(22)12-5-7-13(19)8-6-12/h5-8,20H,4,9H2,1-3H3. The normalized spacial score (nSPS) is 10.4. The molecule has 0 radical (unpaired) electrons. The molecule has 0 saturated heterocycles. The number of nitrogens with one attached hydrogen (secondary N) is 1. The summed E-state index contributed by atoms with van der Waals surface area (Å²) in [6.45, 7) is 5.07. The lowest BCUT2D eigenvalue weighted by molar-refractivity contribution is 0.0527. The molecule has 7 heteroatoms. The zero-order valence-corrected chi connectivity index (χ0v) is 15.7. The Morgan fingerprint density at radius 1 is 1.20 bits per heavy atom. The minimum Gasteiger partial charge on any atom is -0.462 e. The Morgan fingerprint density at radius 3 is 2.40 bits per heavy atom. The van der Waals surface area contributed by atoms with Crippen LogP contribution in [0.1, 0.15) is 49.8 Å². The SMILES string of the molecule is CCOC(=O)c1c(NCC(=O)c2ccc(Cl)cc2)sc(C(C)=O)c1C. The fraction of sp³-hybridized carbons (Fsp3) is 0.278. The molecule has 0 amide bonds. The van der Waals surface area contributed by atoms with E-state index < -0.39 is 5.97 Å². The number of carbonyl (C=O) groups is 3. The van der Waals surface area contributed by atoms with Gasteiger partial charge in [-0.3, -0.25) is 9.59 Å². The van der Waals surface area contributed by atoms with Gasteiger partial charge in [-0.15, -0.1) is 11.3 Å². The summed E-state index contributed by atoms with van der Waals surface area (Å²) in [5, 5.41) is 3.98. The van der Waals surface area contributed by atoms with E-state index in [9.17, 15) is 14.4 Å². The van der Waals surface area contributed by atoms with E-state index in [2.05, 4.69) is 5.32 Å². The van der Waals surface area contributed by atoms with E-state index in [0.29, 0.717) is 31.6 Å². The Morgan fingerprint density at radius 2 is 1.84 bits per heavy atom. The molecule has 0 fully saturated rings. The van der Waals surface area contributed by atoms with Crippen molar-refractivity contribution >= 4 is 45.5 Å². The lowest BCUT2D eigenvalue weighted by Gasteiger charge is -2.07. The quantitative estimate of drug-likeness (QED) is 0.570. The summed E-state index contributed by atoms with van der Waals surface area (Å²) in [6, 6.07) is 6.56. The first-order chi connectivity index (χ1) is 11.8. The molecule has 2 aromatic rings. The first-order valence-electron chi connectivity index (χ1n) is 7.69. The molecule has 1 heterocycles. The van der Waals surface area contributed by atoms with Crippen LogP contribution in [0, 0.1) is 6.92 Å². The zero-order valence-electron chi connectivity index (χ0n) is 14.1. The average Bonchev–Trinajstić information content (AvgIpc) is 2.90. The summed E-state index contributed by atoms with van der Waals surface area (Å²) in [5.41, 5.74) is 1.38. The second kappa shape index (κ2) is 8.27. The van der Waals surface area contributed by atoms with Crippen LogP contribution in [0.2, 0.25) is 5.02 Å². The minimum atomic E-state index is -0.509. The number of carbonyl (C=O) groups excluding carboxylic acids is 3. The minimum absolute atomic E-state index is 0.00860. The van der Waals surface area contributed by atoms with Gasteiger partial charge < -0.3 is 10.1 Å². The van der Waals surface area contributed by atoms with Crippen molar-refractivity contribution in [3.63, 3.8) is 0 Å². The lowest BCUT2D eigenvalue weighted by atomic mass is 10.1. The van der Waals surface area contributed by atoms with Crippen molar-refractivity contribution < 1.29 is 19.1 Å². The van der Waals surface area contributed by atoms with Gasteiger partial charge in [0.1, 0.15) is 5.00 Å². The zero-order chi connectivity index (χ0) is 18.6. The van der Waals surface area contributed by atoms with Crippen LogP contribution in [-0.4, -0.2) is 30.7 Å². The van der Waals surface area contributed by atoms with Crippen LogP contribution in [0.25, 0.3) is 0 Å². The molecular formula is C18H18ClNO4S. The summed E-state index contributed by atoms with van der Waals surface area (Å²) in [4.78, 5) is 36.7. The maximum Gasteiger partial charge on any atom is 0.341 e. The van der Waals surface area contributed by atoms with Crippen LogP contribution in [0.4, 0.5) is 5.00 Å². The number of thiophene rings is 1. The Kier molecular flexibility index (Phi) is 6.33. The van der Waals surface area contributed by atoms with Gasteiger partial charge in [0, 0.05) is 10.6 Å². The fourth-order valence-electron chi connectivity index (χ4n) is 2.32. The van der Waals surface area contributed by atoms with Gasteiger partial charge >= 0.3 is 5.97 Å². The molecule has 1 N–H and O–H groups in total. The van der Waals surface area contributed by atoms with Crippen LogP contribution in [0.3, 0.4) is 0 Å². The Labute approximate surface area is 154 Å². The van der Waals surface area contributed by atoms with Crippen molar-refractivity contribution in [3.05, 3.63) is 50.9 Å². The molecular weight excluding hydrogens is 362 g/mol. The number of hydrogen-bond donors (Lipinski definition) is 1. The highest BCUT2D eigenvalue weighted by molar-refractivity contribution is 7.18. The highest BCUT2D eigenvalue weighted by Crippen LogP contribution is 2.34. The molecule has 25 heavy (non-hydrogen) atoms. The molecule has 0 saturated carbocycles. The molecule has 0 spiro atoms. The van der Waals surface area contributed by atoms with Crippen LogP contribution >= 0.6 is 22.9 Å². The number of ether oxygens (including phenoxy) is 1. The van der Waals surface area contributed by atoms with Crippen molar-refractivity contribution in [2.75, 3.05) is 18.5 Å². The van der Waals surface area contributed by atoms with Gasteiger partial charge in [-0.1, -0.05) is 11.6 Å². The molecule has 0 atom stereocenters. The molecule has 0 aliphatic rings. The maximum atomic E-state index is 12.3. The van der Waals surface area contributed by atoms with Gasteiger partial charge in [-0.05, 0) is 50.6 Å². The third-order valence-corrected chi connectivity index (χ3v) is 5.12. The van der Waals surface area contributed by atoms with E-state index in [1.807, 2.05) is 0 Å². The predicted octanol–water partition coefficient (Wildman–Crippen LogP) is 4.38. The molecule has 0 aliphatic heterocycles.